The molecule has 0 aromatic heterocycles. The van der Waals surface area contributed by atoms with Gasteiger partial charge in [-0.3, -0.25) is 13.9 Å². The van der Waals surface area contributed by atoms with Crippen LogP contribution in [-0.4, -0.2) is 81.5 Å². The zero-order valence-corrected chi connectivity index (χ0v) is 36.7. The second-order valence-corrected chi connectivity index (χ2v) is 19.9. The molecular formula is C45H57N4O9S2+. The molecule has 60 heavy (non-hydrogen) atoms. The van der Waals surface area contributed by atoms with Gasteiger partial charge in [-0.15, -0.1) is 11.8 Å². The first-order valence-electron chi connectivity index (χ1n) is 20.6. The highest BCUT2D eigenvalue weighted by Gasteiger charge is 2.49. The zero-order valence-electron chi connectivity index (χ0n) is 35.0. The summed E-state index contributed by atoms with van der Waals surface area (Å²) in [5.41, 5.74) is 3.96. The molecule has 0 spiro atoms. The standard InChI is InChI=1S/C45H56N4O9S2/c1-44(2)36-28-31(59(52,53)54)21-23-38(36)48(5)40(44)18-12-8-13-19-41-45(3,4)37-29-32(60(55,56)57)22-24-39(37)49(41)27-15-9-14-20-42(50)46-25-26-47-43(51)58-30-35-33-16-10-6-7-11-17-34(33)35/h8,12-13,18-19,21-24,28-29,33-35H,9-11,14-17,20,25-27,30H2,1-5H3,(H3-,46,47,50,51,52,53,54,55,56,57)/p+1/t33-,34?,35?/m0/s1. The second-order valence-electron chi connectivity index (χ2n) is 17.1. The highest BCUT2D eigenvalue weighted by Crippen LogP contribution is 2.52. The molecule has 3 atom stereocenters. The van der Waals surface area contributed by atoms with Crippen molar-refractivity contribution in [2.45, 2.75) is 99.7 Å². The Kier molecular flexibility index (Phi) is 13.5. The summed E-state index contributed by atoms with van der Waals surface area (Å²) < 4.78 is 74.7. The van der Waals surface area contributed by atoms with E-state index in [-0.39, 0.29) is 22.2 Å². The molecule has 4 N–H and O–H groups in total. The molecule has 2 aliphatic carbocycles. The highest BCUT2D eigenvalue weighted by molar-refractivity contribution is 7.86. The van der Waals surface area contributed by atoms with E-state index in [1.165, 1.54) is 24.3 Å². The summed E-state index contributed by atoms with van der Waals surface area (Å²) in [5.74, 6) is 7.92. The third-order valence-electron chi connectivity index (χ3n) is 12.4. The summed E-state index contributed by atoms with van der Waals surface area (Å²) in [4.78, 5) is 26.6. The molecule has 0 radical (unpaired) electrons. The van der Waals surface area contributed by atoms with Crippen molar-refractivity contribution in [1.82, 2.24) is 10.6 Å². The lowest BCUT2D eigenvalue weighted by molar-refractivity contribution is -0.401. The summed E-state index contributed by atoms with van der Waals surface area (Å²) in [6.07, 6.45) is 15.7. The van der Waals surface area contributed by atoms with Gasteiger partial charge in [0.05, 0.1) is 21.8 Å². The zero-order chi connectivity index (χ0) is 43.5. The van der Waals surface area contributed by atoms with E-state index in [0.717, 1.165) is 72.4 Å². The number of hydrogen-bond donors (Lipinski definition) is 4. The lowest BCUT2D eigenvalue weighted by Gasteiger charge is -2.27. The minimum absolute atomic E-state index is 0.0946. The van der Waals surface area contributed by atoms with E-state index < -0.39 is 37.2 Å². The summed E-state index contributed by atoms with van der Waals surface area (Å²) in [6, 6.07) is 9.25. The third kappa shape index (κ3) is 10.1. The Morgan fingerprint density at radius 2 is 1.48 bits per heavy atom. The van der Waals surface area contributed by atoms with E-state index in [2.05, 4.69) is 27.4 Å². The second kappa shape index (κ2) is 18.1. The van der Waals surface area contributed by atoms with Crippen LogP contribution in [-0.2, 0) is 40.6 Å². The molecule has 1 fully saturated rings. The third-order valence-corrected chi connectivity index (χ3v) is 14.1. The first kappa shape index (κ1) is 44.8. The smallest absolute Gasteiger partial charge is 0.407 e. The van der Waals surface area contributed by atoms with Gasteiger partial charge in [0.1, 0.15) is 7.05 Å². The minimum atomic E-state index is -4.42. The van der Waals surface area contributed by atoms with Gasteiger partial charge in [0.2, 0.25) is 11.6 Å². The molecule has 0 saturated heterocycles. The number of rotatable bonds is 16. The molecule has 1 saturated carbocycles. The van der Waals surface area contributed by atoms with E-state index in [1.54, 1.807) is 12.1 Å². The summed E-state index contributed by atoms with van der Waals surface area (Å²) >= 11 is 0. The maximum atomic E-state index is 12.6. The quantitative estimate of drug-likeness (QED) is 0.0460. The van der Waals surface area contributed by atoms with Crippen molar-refractivity contribution in [2.24, 2.45) is 17.8 Å². The van der Waals surface area contributed by atoms with Crippen LogP contribution in [0.25, 0.3) is 0 Å². The van der Waals surface area contributed by atoms with Gasteiger partial charge in [0.25, 0.3) is 20.2 Å². The molecule has 0 bridgehead atoms. The van der Waals surface area contributed by atoms with Crippen LogP contribution in [0.3, 0.4) is 0 Å². The number of carbonyl (C=O) groups is 2. The van der Waals surface area contributed by atoms with E-state index in [0.29, 0.717) is 50.3 Å². The molecule has 2 aliphatic heterocycles. The van der Waals surface area contributed by atoms with Crippen molar-refractivity contribution < 1.29 is 44.8 Å². The number of benzene rings is 2. The molecule has 15 heteroatoms. The van der Waals surface area contributed by atoms with Crippen LogP contribution in [0.15, 0.2) is 82.3 Å². The average Bonchev–Trinajstić information content (AvgIpc) is 3.71. The van der Waals surface area contributed by atoms with Gasteiger partial charge in [0.15, 0.2) is 5.71 Å². The number of fused-ring (bicyclic) bond motifs is 3. The van der Waals surface area contributed by atoms with Crippen molar-refractivity contribution in [3.05, 3.63) is 83.6 Å². The number of hydrogen-bond acceptors (Lipinski definition) is 8. The fourth-order valence-corrected chi connectivity index (χ4v) is 10.1. The number of nitrogens with zero attached hydrogens (tertiary/aromatic N) is 2. The van der Waals surface area contributed by atoms with Crippen molar-refractivity contribution in [1.29, 1.82) is 0 Å². The predicted molar refractivity (Wildman–Crippen MR) is 231 cm³/mol. The van der Waals surface area contributed by atoms with Crippen molar-refractivity contribution in [3.8, 4) is 11.8 Å². The normalized spacial score (nSPS) is 22.1. The summed E-state index contributed by atoms with van der Waals surface area (Å²) in [7, 11) is -6.86. The molecule has 13 nitrogen and oxygen atoms in total. The SMILES string of the molecule is C[N+]1=C(C=CC=CC=C2N(CCCCCC(=O)NCCNC(=O)OCC3C4CCC#CCC[C@@H]43)c3ccc(S(=O)(=O)O)cc3C2(C)C)C(C)(C)c2cc(S(=O)(=O)O)ccc21. The Bertz CT molecular complexity index is 2400. The van der Waals surface area contributed by atoms with Gasteiger partial charge in [-0.25, -0.2) is 4.79 Å². The van der Waals surface area contributed by atoms with Crippen LogP contribution in [0.5, 0.6) is 0 Å². The van der Waals surface area contributed by atoms with Gasteiger partial charge in [-0.05, 0) is 99.3 Å². The largest absolute Gasteiger partial charge is 0.449 e. The Labute approximate surface area is 354 Å². The Hall–Kier alpha value is -4.75. The number of alkyl carbamates (subject to hydrolysis) is 1. The van der Waals surface area contributed by atoms with Gasteiger partial charge >= 0.3 is 6.09 Å². The molecule has 6 rings (SSSR count). The molecule has 4 aliphatic rings. The van der Waals surface area contributed by atoms with Gasteiger partial charge in [0, 0.05) is 73.4 Å². The summed E-state index contributed by atoms with van der Waals surface area (Å²) in [6.45, 7) is 9.63. The molecule has 2 aromatic carbocycles. The van der Waals surface area contributed by atoms with Gasteiger partial charge in [-0.1, -0.05) is 38.5 Å². The fraction of sp³-hybridized carbons (Fsp3) is 0.489. The predicted octanol–water partition coefficient (Wildman–Crippen LogP) is 6.82. The van der Waals surface area contributed by atoms with Crippen molar-refractivity contribution in [3.63, 3.8) is 0 Å². The van der Waals surface area contributed by atoms with Gasteiger partial charge in [-0.2, -0.15) is 21.4 Å². The molecule has 2 unspecified atom stereocenters. The van der Waals surface area contributed by atoms with E-state index in [4.69, 9.17) is 4.74 Å². The lowest BCUT2D eigenvalue weighted by atomic mass is 9.81. The van der Waals surface area contributed by atoms with Crippen LogP contribution >= 0.6 is 0 Å². The lowest BCUT2D eigenvalue weighted by Crippen LogP contribution is -2.35. The van der Waals surface area contributed by atoms with Crippen LogP contribution in [0.2, 0.25) is 0 Å². The number of allylic oxidation sites excluding steroid dienone is 6. The first-order valence-corrected chi connectivity index (χ1v) is 23.5. The monoisotopic (exact) mass is 861 g/mol. The van der Waals surface area contributed by atoms with E-state index >= 15 is 0 Å². The summed E-state index contributed by atoms with van der Waals surface area (Å²) in [5, 5.41) is 5.58. The Balaban J connectivity index is 1.01. The topological polar surface area (TPSA) is 182 Å². The molecule has 2 heterocycles. The number of amides is 2. The minimum Gasteiger partial charge on any atom is -0.449 e. The van der Waals surface area contributed by atoms with Gasteiger partial charge < -0.3 is 20.3 Å². The van der Waals surface area contributed by atoms with Crippen LogP contribution in [0.1, 0.15) is 90.2 Å². The van der Waals surface area contributed by atoms with Crippen LogP contribution in [0, 0.1) is 29.6 Å². The van der Waals surface area contributed by atoms with E-state index in [9.17, 15) is 35.5 Å². The maximum absolute atomic E-state index is 12.6. The first-order chi connectivity index (χ1) is 28.3. The van der Waals surface area contributed by atoms with E-state index in [1.807, 2.05) is 69.7 Å². The number of anilines is 1. The Morgan fingerprint density at radius 3 is 2.15 bits per heavy atom. The fourth-order valence-electron chi connectivity index (χ4n) is 9.08. The van der Waals surface area contributed by atoms with Crippen molar-refractivity contribution >= 4 is 49.3 Å². The van der Waals surface area contributed by atoms with Crippen molar-refractivity contribution in [2.75, 3.05) is 38.2 Å². The number of nitrogens with one attached hydrogen (secondary N) is 2. The van der Waals surface area contributed by atoms with Crippen LogP contribution in [0.4, 0.5) is 16.2 Å². The molecular weight excluding hydrogens is 805 g/mol. The highest BCUT2D eigenvalue weighted by atomic mass is 32.2. The molecule has 322 valence electrons. The average molecular weight is 862 g/mol. The Morgan fingerprint density at radius 1 is 0.850 bits per heavy atom. The maximum Gasteiger partial charge on any atom is 0.407 e. The van der Waals surface area contributed by atoms with Crippen LogP contribution < -0.4 is 15.5 Å². The number of carbonyl (C=O) groups excluding carboxylic acids is 2. The molecule has 2 amide bonds. The number of unbranched alkanes of at least 4 members (excludes halogenated alkanes) is 2. The number of ether oxygens (including phenoxy) is 1. The molecule has 2 aromatic rings.